The van der Waals surface area contributed by atoms with E-state index in [-0.39, 0.29) is 5.91 Å². The number of carbonyl (C=O) groups is 1. The molecule has 0 aliphatic carbocycles. The molecule has 5 heteroatoms. The second-order valence-electron chi connectivity index (χ2n) is 8.81. The minimum atomic E-state index is 0.0367. The Morgan fingerprint density at radius 1 is 1.13 bits per heavy atom. The van der Waals surface area contributed by atoms with Crippen LogP contribution in [0, 0.1) is 0 Å². The molecule has 160 valence electrons. The molecule has 1 amide bonds. The van der Waals surface area contributed by atoms with Gasteiger partial charge in [0.2, 0.25) is 0 Å². The van der Waals surface area contributed by atoms with Crippen molar-refractivity contribution in [3.8, 4) is 0 Å². The van der Waals surface area contributed by atoms with Crippen molar-refractivity contribution in [2.75, 3.05) is 20.1 Å². The van der Waals surface area contributed by atoms with Gasteiger partial charge in [-0.25, -0.2) is 0 Å². The molecule has 1 aliphatic rings. The van der Waals surface area contributed by atoms with Crippen LogP contribution in [0.2, 0.25) is 0 Å². The quantitative estimate of drug-likeness (QED) is 0.434. The molecule has 4 nitrogen and oxygen atoms in total. The van der Waals surface area contributed by atoms with Gasteiger partial charge in [-0.15, -0.1) is 11.3 Å². The number of amides is 1. The Morgan fingerprint density at radius 3 is 2.65 bits per heavy atom. The molecule has 0 spiro atoms. The summed E-state index contributed by atoms with van der Waals surface area (Å²) in [6.07, 6.45) is 3.42. The van der Waals surface area contributed by atoms with Gasteiger partial charge in [0.1, 0.15) is 0 Å². The molecule has 0 saturated carbocycles. The predicted octanol–water partition coefficient (Wildman–Crippen LogP) is 5.79. The zero-order valence-corrected chi connectivity index (χ0v) is 19.2. The standard InChI is InChI=1S/C26H29N3OS/c1-17(2)29-16-19(20-8-4-6-10-22(20)29)15-28-13-12-18(14-28)24-21-9-5-7-11-23(21)31-25(24)26(30)27-3/h4-11,16-18H,12-15H2,1-3H3,(H,27,30)/t18-/m1/s1. The van der Waals surface area contributed by atoms with Crippen molar-refractivity contribution in [3.05, 3.63) is 70.7 Å². The highest BCUT2D eigenvalue weighted by atomic mass is 32.1. The van der Waals surface area contributed by atoms with Crippen molar-refractivity contribution in [3.63, 3.8) is 0 Å². The summed E-state index contributed by atoms with van der Waals surface area (Å²) in [5.74, 6) is 0.427. The van der Waals surface area contributed by atoms with Crippen LogP contribution in [0.4, 0.5) is 0 Å². The van der Waals surface area contributed by atoms with Crippen molar-refractivity contribution in [2.24, 2.45) is 0 Å². The summed E-state index contributed by atoms with van der Waals surface area (Å²) in [6, 6.07) is 17.6. The van der Waals surface area contributed by atoms with Crippen LogP contribution in [0.5, 0.6) is 0 Å². The van der Waals surface area contributed by atoms with Gasteiger partial charge in [-0.3, -0.25) is 9.69 Å². The number of nitrogens with zero attached hydrogens (tertiary/aromatic N) is 2. The monoisotopic (exact) mass is 431 g/mol. The van der Waals surface area contributed by atoms with Gasteiger partial charge >= 0.3 is 0 Å². The zero-order chi connectivity index (χ0) is 21.5. The van der Waals surface area contributed by atoms with E-state index in [1.807, 2.05) is 0 Å². The van der Waals surface area contributed by atoms with E-state index in [0.717, 1.165) is 30.9 Å². The van der Waals surface area contributed by atoms with Gasteiger partial charge in [-0.1, -0.05) is 36.4 Å². The maximum atomic E-state index is 12.6. The molecule has 1 fully saturated rings. The first-order chi connectivity index (χ1) is 15.1. The minimum absolute atomic E-state index is 0.0367. The van der Waals surface area contributed by atoms with Gasteiger partial charge in [0.05, 0.1) is 4.88 Å². The Kier molecular flexibility index (Phi) is 5.32. The summed E-state index contributed by atoms with van der Waals surface area (Å²) in [4.78, 5) is 16.1. The maximum Gasteiger partial charge on any atom is 0.261 e. The fourth-order valence-corrected chi connectivity index (χ4v) is 6.27. The molecule has 31 heavy (non-hydrogen) atoms. The number of likely N-dealkylation sites (tertiary alicyclic amines) is 1. The second kappa shape index (κ2) is 8.13. The van der Waals surface area contributed by atoms with E-state index in [1.165, 1.54) is 32.1 Å². The molecule has 4 aromatic rings. The molecule has 0 radical (unpaired) electrons. The number of carbonyl (C=O) groups excluding carboxylic acids is 1. The lowest BCUT2D eigenvalue weighted by Gasteiger charge is -2.16. The van der Waals surface area contributed by atoms with Gasteiger partial charge in [0, 0.05) is 53.9 Å². The number of nitrogens with one attached hydrogen (secondary N) is 1. The van der Waals surface area contributed by atoms with Crippen molar-refractivity contribution >= 4 is 38.2 Å². The Labute approximate surface area is 187 Å². The van der Waals surface area contributed by atoms with Crippen molar-refractivity contribution in [1.82, 2.24) is 14.8 Å². The lowest BCUT2D eigenvalue weighted by molar-refractivity contribution is 0.0966. The highest BCUT2D eigenvalue weighted by Crippen LogP contribution is 2.40. The number of hydrogen-bond acceptors (Lipinski definition) is 3. The number of fused-ring (bicyclic) bond motifs is 2. The third kappa shape index (κ3) is 3.56. The number of rotatable bonds is 5. The van der Waals surface area contributed by atoms with E-state index < -0.39 is 0 Å². The normalized spacial score (nSPS) is 17.2. The Bertz CT molecular complexity index is 1250. The third-order valence-electron chi connectivity index (χ3n) is 6.52. The summed E-state index contributed by atoms with van der Waals surface area (Å²) >= 11 is 1.62. The van der Waals surface area contributed by atoms with Crippen LogP contribution >= 0.6 is 11.3 Å². The van der Waals surface area contributed by atoms with Crippen molar-refractivity contribution in [2.45, 2.75) is 38.8 Å². The lowest BCUT2D eigenvalue weighted by atomic mass is 9.95. The van der Waals surface area contributed by atoms with Gasteiger partial charge in [-0.05, 0) is 55.5 Å². The minimum Gasteiger partial charge on any atom is -0.354 e. The molecular formula is C26H29N3OS. The fraction of sp³-hybridized carbons (Fsp3) is 0.346. The summed E-state index contributed by atoms with van der Waals surface area (Å²) in [5, 5.41) is 5.44. The Hall–Kier alpha value is -2.63. The topological polar surface area (TPSA) is 37.3 Å². The van der Waals surface area contributed by atoms with Crippen molar-refractivity contribution in [1.29, 1.82) is 0 Å². The van der Waals surface area contributed by atoms with E-state index >= 15 is 0 Å². The van der Waals surface area contributed by atoms with Crippen LogP contribution in [-0.4, -0.2) is 35.5 Å². The number of aromatic nitrogens is 1. The molecule has 2 aromatic heterocycles. The lowest BCUT2D eigenvalue weighted by Crippen LogP contribution is -2.21. The number of hydrogen-bond donors (Lipinski definition) is 1. The summed E-state index contributed by atoms with van der Waals surface area (Å²) in [5.41, 5.74) is 3.95. The molecule has 1 N–H and O–H groups in total. The van der Waals surface area contributed by atoms with Crippen LogP contribution < -0.4 is 5.32 Å². The van der Waals surface area contributed by atoms with Gasteiger partial charge in [-0.2, -0.15) is 0 Å². The smallest absolute Gasteiger partial charge is 0.261 e. The first-order valence-electron chi connectivity index (χ1n) is 11.1. The molecule has 2 aromatic carbocycles. The molecule has 3 heterocycles. The summed E-state index contributed by atoms with van der Waals surface area (Å²) in [6.45, 7) is 7.48. The maximum absolute atomic E-state index is 12.6. The highest BCUT2D eigenvalue weighted by molar-refractivity contribution is 7.21. The zero-order valence-electron chi connectivity index (χ0n) is 18.4. The van der Waals surface area contributed by atoms with Gasteiger partial charge in [0.15, 0.2) is 0 Å². The average Bonchev–Trinajstić information content (AvgIpc) is 3.49. The van der Waals surface area contributed by atoms with Crippen LogP contribution in [-0.2, 0) is 6.54 Å². The van der Waals surface area contributed by atoms with E-state index in [9.17, 15) is 4.79 Å². The highest BCUT2D eigenvalue weighted by Gasteiger charge is 2.30. The molecule has 0 bridgehead atoms. The fourth-order valence-electron chi connectivity index (χ4n) is 5.04. The first-order valence-corrected chi connectivity index (χ1v) is 11.9. The van der Waals surface area contributed by atoms with Crippen LogP contribution in [0.1, 0.15) is 53.0 Å². The molecule has 1 saturated heterocycles. The molecular weight excluding hydrogens is 402 g/mol. The van der Waals surface area contributed by atoms with Gasteiger partial charge in [0.25, 0.3) is 5.91 Å². The Balaban J connectivity index is 1.44. The van der Waals surface area contributed by atoms with E-state index in [2.05, 4.69) is 83.4 Å². The van der Waals surface area contributed by atoms with Crippen LogP contribution in [0.15, 0.2) is 54.7 Å². The third-order valence-corrected chi connectivity index (χ3v) is 7.71. The number of thiophene rings is 1. The van der Waals surface area contributed by atoms with Gasteiger partial charge < -0.3 is 9.88 Å². The van der Waals surface area contributed by atoms with Crippen LogP contribution in [0.25, 0.3) is 21.0 Å². The van der Waals surface area contributed by atoms with E-state index in [0.29, 0.717) is 12.0 Å². The summed E-state index contributed by atoms with van der Waals surface area (Å²) < 4.78 is 3.59. The molecule has 1 atom stereocenters. The average molecular weight is 432 g/mol. The van der Waals surface area contributed by atoms with Crippen molar-refractivity contribution < 1.29 is 4.79 Å². The van der Waals surface area contributed by atoms with E-state index in [4.69, 9.17) is 0 Å². The predicted molar refractivity (Wildman–Crippen MR) is 130 cm³/mol. The second-order valence-corrected chi connectivity index (χ2v) is 9.87. The number of para-hydroxylation sites is 1. The Morgan fingerprint density at radius 2 is 1.87 bits per heavy atom. The summed E-state index contributed by atoms with van der Waals surface area (Å²) in [7, 11) is 1.72. The molecule has 5 rings (SSSR count). The molecule has 0 unspecified atom stereocenters. The first kappa shape index (κ1) is 20.3. The van der Waals surface area contributed by atoms with E-state index in [1.54, 1.807) is 18.4 Å². The SMILES string of the molecule is CNC(=O)c1sc2ccccc2c1[C@@H]1CCN(Cc2cn(C(C)C)c3ccccc23)C1. The largest absolute Gasteiger partial charge is 0.354 e. The number of benzene rings is 2. The van der Waals surface area contributed by atoms with Crippen LogP contribution in [0.3, 0.4) is 0 Å². The molecule has 1 aliphatic heterocycles.